The molecular formula is C22H16N4O. The lowest BCUT2D eigenvalue weighted by Crippen LogP contribution is -1.74. The predicted octanol–water partition coefficient (Wildman–Crippen LogP) is 7.38. The monoisotopic (exact) mass is 352 g/mol. The fraction of sp³-hybridized carbons (Fsp3) is 0. The highest BCUT2D eigenvalue weighted by molar-refractivity contribution is 5.93. The summed E-state index contributed by atoms with van der Waals surface area (Å²) in [5.41, 5.74) is 2.86. The van der Waals surface area contributed by atoms with Crippen molar-refractivity contribution in [1.29, 1.82) is 0 Å². The van der Waals surface area contributed by atoms with Crippen LogP contribution >= 0.6 is 0 Å². The van der Waals surface area contributed by atoms with Crippen molar-refractivity contribution in [3.63, 3.8) is 0 Å². The molecule has 0 unspecified atom stereocenters. The Bertz CT molecular complexity index is 1120. The van der Waals surface area contributed by atoms with Crippen LogP contribution in [0.4, 0.5) is 22.7 Å². The molecule has 0 aliphatic carbocycles. The number of nitrogens with zero attached hydrogens (tertiary/aromatic N) is 4. The first-order chi connectivity index (χ1) is 13.3. The van der Waals surface area contributed by atoms with E-state index in [0.717, 1.165) is 22.1 Å². The number of fused-ring (bicyclic) bond motifs is 1. The van der Waals surface area contributed by atoms with Crippen LogP contribution in [0.1, 0.15) is 0 Å². The molecule has 1 N–H and O–H groups in total. The van der Waals surface area contributed by atoms with Crippen LogP contribution in [0.3, 0.4) is 0 Å². The van der Waals surface area contributed by atoms with E-state index in [1.165, 1.54) is 0 Å². The van der Waals surface area contributed by atoms with Crippen molar-refractivity contribution < 1.29 is 5.11 Å². The number of hydrogen-bond donors (Lipinski definition) is 1. The van der Waals surface area contributed by atoms with Crippen molar-refractivity contribution in [2.75, 3.05) is 0 Å². The highest BCUT2D eigenvalue weighted by atomic mass is 16.3. The second kappa shape index (κ2) is 7.58. The Morgan fingerprint density at radius 1 is 0.519 bits per heavy atom. The molecule has 0 aliphatic heterocycles. The van der Waals surface area contributed by atoms with Crippen LogP contribution < -0.4 is 0 Å². The van der Waals surface area contributed by atoms with Gasteiger partial charge in [-0.2, -0.15) is 15.3 Å². The molecule has 0 atom stereocenters. The first-order valence-corrected chi connectivity index (χ1v) is 8.48. The van der Waals surface area contributed by atoms with Crippen molar-refractivity contribution >= 4 is 33.5 Å². The van der Waals surface area contributed by atoms with Gasteiger partial charge in [-0.25, -0.2) is 0 Å². The highest BCUT2D eigenvalue weighted by Crippen LogP contribution is 2.32. The van der Waals surface area contributed by atoms with E-state index < -0.39 is 0 Å². The molecular weight excluding hydrogens is 336 g/mol. The second-order valence-corrected chi connectivity index (χ2v) is 5.94. The molecule has 4 aromatic carbocycles. The van der Waals surface area contributed by atoms with Gasteiger partial charge in [-0.1, -0.05) is 42.5 Å². The molecule has 0 saturated heterocycles. The fourth-order valence-corrected chi connectivity index (χ4v) is 2.67. The number of benzene rings is 4. The van der Waals surface area contributed by atoms with Gasteiger partial charge in [0.25, 0.3) is 0 Å². The van der Waals surface area contributed by atoms with E-state index in [2.05, 4.69) is 20.5 Å². The first kappa shape index (κ1) is 16.6. The summed E-state index contributed by atoms with van der Waals surface area (Å²) >= 11 is 0. The third kappa shape index (κ3) is 4.04. The maximum Gasteiger partial charge on any atom is 0.118 e. The molecule has 0 fully saturated rings. The van der Waals surface area contributed by atoms with E-state index in [0.29, 0.717) is 11.4 Å². The summed E-state index contributed by atoms with van der Waals surface area (Å²) in [5.74, 6) is 0.166. The van der Waals surface area contributed by atoms with Gasteiger partial charge < -0.3 is 5.11 Å². The zero-order chi connectivity index (χ0) is 18.5. The fourth-order valence-electron chi connectivity index (χ4n) is 2.67. The summed E-state index contributed by atoms with van der Waals surface area (Å²) in [6.45, 7) is 0. The summed E-state index contributed by atoms with van der Waals surface area (Å²) < 4.78 is 0. The Hall–Kier alpha value is -3.86. The Labute approximate surface area is 156 Å². The van der Waals surface area contributed by atoms with Crippen LogP contribution in [0.25, 0.3) is 10.8 Å². The topological polar surface area (TPSA) is 69.7 Å². The predicted molar refractivity (Wildman–Crippen MR) is 107 cm³/mol. The standard InChI is InChI=1S/C22H16N4O/c27-20-14-16-6-4-5-9-21(16)22(15-20)26-25-19-12-10-18(11-13-19)24-23-17-7-2-1-3-8-17/h1-15,27H/b24-23+,26-25+. The van der Waals surface area contributed by atoms with Crippen molar-refractivity contribution in [3.05, 3.63) is 91.0 Å². The number of phenolic OH excluding ortho intramolecular Hbond substituents is 1. The van der Waals surface area contributed by atoms with E-state index in [9.17, 15) is 5.11 Å². The molecule has 4 aromatic rings. The normalized spacial score (nSPS) is 11.6. The third-order valence-corrected chi connectivity index (χ3v) is 3.98. The Morgan fingerprint density at radius 2 is 1.07 bits per heavy atom. The summed E-state index contributed by atoms with van der Waals surface area (Å²) in [6, 6.07) is 27.9. The minimum atomic E-state index is 0.166. The average Bonchev–Trinajstić information content (AvgIpc) is 2.72. The van der Waals surface area contributed by atoms with Gasteiger partial charge in [0, 0.05) is 11.5 Å². The summed E-state index contributed by atoms with van der Waals surface area (Å²) in [4.78, 5) is 0. The largest absolute Gasteiger partial charge is 0.508 e. The van der Waals surface area contributed by atoms with Crippen molar-refractivity contribution in [2.45, 2.75) is 0 Å². The molecule has 5 heteroatoms. The minimum Gasteiger partial charge on any atom is -0.508 e. The van der Waals surface area contributed by atoms with Gasteiger partial charge in [-0.15, -0.1) is 5.11 Å². The first-order valence-electron chi connectivity index (χ1n) is 8.48. The molecule has 0 aliphatic rings. The molecule has 0 heterocycles. The zero-order valence-electron chi connectivity index (χ0n) is 14.4. The van der Waals surface area contributed by atoms with Gasteiger partial charge in [-0.05, 0) is 47.9 Å². The lowest BCUT2D eigenvalue weighted by molar-refractivity contribution is 0.476. The summed E-state index contributed by atoms with van der Waals surface area (Å²) in [5, 5.41) is 28.7. The van der Waals surface area contributed by atoms with Gasteiger partial charge in [0.1, 0.15) is 5.75 Å². The number of rotatable bonds is 4. The van der Waals surface area contributed by atoms with Gasteiger partial charge >= 0.3 is 0 Å². The lowest BCUT2D eigenvalue weighted by Gasteiger charge is -2.02. The summed E-state index contributed by atoms with van der Waals surface area (Å²) in [7, 11) is 0. The molecule has 27 heavy (non-hydrogen) atoms. The molecule has 5 nitrogen and oxygen atoms in total. The second-order valence-electron chi connectivity index (χ2n) is 5.94. The number of phenols is 1. The lowest BCUT2D eigenvalue weighted by atomic mass is 10.1. The Kier molecular flexibility index (Phi) is 4.66. The van der Waals surface area contributed by atoms with E-state index >= 15 is 0 Å². The van der Waals surface area contributed by atoms with Gasteiger partial charge in [0.05, 0.1) is 22.7 Å². The van der Waals surface area contributed by atoms with E-state index in [-0.39, 0.29) is 5.75 Å². The van der Waals surface area contributed by atoms with Crippen molar-refractivity contribution in [3.8, 4) is 5.75 Å². The zero-order valence-corrected chi connectivity index (χ0v) is 14.4. The third-order valence-electron chi connectivity index (χ3n) is 3.98. The van der Waals surface area contributed by atoms with Crippen molar-refractivity contribution in [2.24, 2.45) is 20.5 Å². The van der Waals surface area contributed by atoms with Gasteiger partial charge in [0.2, 0.25) is 0 Å². The van der Waals surface area contributed by atoms with Crippen LogP contribution in [-0.4, -0.2) is 5.11 Å². The van der Waals surface area contributed by atoms with Gasteiger partial charge in [-0.3, -0.25) is 0 Å². The van der Waals surface area contributed by atoms with Crippen LogP contribution in [-0.2, 0) is 0 Å². The minimum absolute atomic E-state index is 0.166. The highest BCUT2D eigenvalue weighted by Gasteiger charge is 2.02. The van der Waals surface area contributed by atoms with Crippen LogP contribution in [0.5, 0.6) is 5.75 Å². The number of hydrogen-bond acceptors (Lipinski definition) is 5. The molecule has 0 radical (unpaired) electrons. The Balaban J connectivity index is 1.54. The maximum atomic E-state index is 9.87. The van der Waals surface area contributed by atoms with Crippen LogP contribution in [0, 0.1) is 0 Å². The molecule has 0 aromatic heterocycles. The maximum absolute atomic E-state index is 9.87. The van der Waals surface area contributed by atoms with Crippen LogP contribution in [0.15, 0.2) is 111 Å². The molecule has 0 amide bonds. The molecule has 0 bridgehead atoms. The van der Waals surface area contributed by atoms with Crippen molar-refractivity contribution in [1.82, 2.24) is 0 Å². The SMILES string of the molecule is Oc1cc(/N=N/c2ccc(/N=N/c3ccccc3)cc2)c2ccccc2c1. The van der Waals surface area contributed by atoms with Crippen LogP contribution in [0.2, 0.25) is 0 Å². The van der Waals surface area contributed by atoms with Gasteiger partial charge in [0.15, 0.2) is 0 Å². The molecule has 0 saturated carbocycles. The molecule has 0 spiro atoms. The van der Waals surface area contributed by atoms with E-state index in [4.69, 9.17) is 0 Å². The smallest absolute Gasteiger partial charge is 0.118 e. The number of aromatic hydroxyl groups is 1. The Morgan fingerprint density at radius 3 is 1.78 bits per heavy atom. The molecule has 130 valence electrons. The number of azo groups is 2. The quantitative estimate of drug-likeness (QED) is 0.382. The average molecular weight is 352 g/mol. The van der Waals surface area contributed by atoms with E-state index in [1.54, 1.807) is 12.1 Å². The molecule has 4 rings (SSSR count). The van der Waals surface area contributed by atoms with E-state index in [1.807, 2.05) is 78.9 Å². The summed E-state index contributed by atoms with van der Waals surface area (Å²) in [6.07, 6.45) is 0.